The van der Waals surface area contributed by atoms with E-state index in [1.807, 2.05) is 0 Å². The molecular weight excluding hydrogens is 649 g/mol. The molecule has 4 N–H and O–H groups in total. The highest BCUT2D eigenvalue weighted by atomic mass is 31.2. The lowest BCUT2D eigenvalue weighted by Crippen LogP contribution is -2.43. The normalized spacial score (nSPS) is 14.7. The van der Waals surface area contributed by atoms with Gasteiger partial charge in [-0.1, -0.05) is 113 Å². The summed E-state index contributed by atoms with van der Waals surface area (Å²) in [6.45, 7) is 2.31. The minimum Gasteiger partial charge on any atom is -0.480 e. The fourth-order valence-electron chi connectivity index (χ4n) is 4.28. The number of hydrogen-bond acceptors (Lipinski definition) is 8. The summed E-state index contributed by atoms with van der Waals surface area (Å²) in [5, 5.41) is 21.6. The van der Waals surface area contributed by atoms with Gasteiger partial charge in [0.15, 0.2) is 6.04 Å². The molecule has 0 saturated carbocycles. The van der Waals surface area contributed by atoms with Crippen LogP contribution in [0.4, 0.5) is 0 Å². The first-order valence-corrected chi connectivity index (χ1v) is 19.3. The van der Waals surface area contributed by atoms with Crippen LogP contribution in [0.1, 0.15) is 123 Å². The highest BCUT2D eigenvalue weighted by Gasteiger charge is 2.28. The Labute approximate surface area is 294 Å². The first kappa shape index (κ1) is 46.2. The molecule has 0 aromatic carbocycles. The Morgan fingerprint density at radius 3 is 1.78 bits per heavy atom. The molecule has 280 valence electrons. The van der Waals surface area contributed by atoms with Crippen LogP contribution < -0.4 is 5.32 Å². The van der Waals surface area contributed by atoms with E-state index < -0.39 is 57.6 Å². The van der Waals surface area contributed by atoms with Crippen molar-refractivity contribution in [3.63, 3.8) is 0 Å². The van der Waals surface area contributed by atoms with Gasteiger partial charge in [-0.15, -0.1) is 0 Å². The summed E-state index contributed by atoms with van der Waals surface area (Å²) in [7, 11) is -4.75. The molecule has 0 aliphatic heterocycles. The zero-order valence-corrected chi connectivity index (χ0v) is 30.6. The summed E-state index contributed by atoms with van der Waals surface area (Å²) < 4.78 is 26.5. The van der Waals surface area contributed by atoms with Gasteiger partial charge in [0.25, 0.3) is 0 Å². The van der Waals surface area contributed by atoms with Crippen LogP contribution in [0.3, 0.4) is 0 Å². The van der Waals surface area contributed by atoms with Gasteiger partial charge in [-0.2, -0.15) is 0 Å². The van der Waals surface area contributed by atoms with Crippen LogP contribution in [-0.2, 0) is 32.7 Å². The van der Waals surface area contributed by atoms with Crippen molar-refractivity contribution in [2.24, 2.45) is 0 Å². The average molecular weight is 712 g/mol. The van der Waals surface area contributed by atoms with Gasteiger partial charge in [0, 0.05) is 12.8 Å². The Hall–Kier alpha value is -2.82. The number of rotatable bonds is 32. The number of nitrogens with one attached hydrogen (secondary N) is 1. The van der Waals surface area contributed by atoms with Crippen molar-refractivity contribution in [2.75, 3.05) is 19.8 Å². The van der Waals surface area contributed by atoms with Crippen LogP contribution in [0.25, 0.3) is 0 Å². The molecule has 0 saturated heterocycles. The Kier molecular flexibility index (Phi) is 30.5. The molecule has 0 spiro atoms. The van der Waals surface area contributed by atoms with Crippen molar-refractivity contribution in [1.29, 1.82) is 0 Å². The van der Waals surface area contributed by atoms with E-state index in [4.69, 9.17) is 13.8 Å². The molecule has 3 unspecified atom stereocenters. The maximum absolute atomic E-state index is 12.1. The van der Waals surface area contributed by atoms with Crippen LogP contribution in [0.5, 0.6) is 0 Å². The molecule has 0 aliphatic carbocycles. The van der Waals surface area contributed by atoms with Gasteiger partial charge >= 0.3 is 19.8 Å². The van der Waals surface area contributed by atoms with Crippen LogP contribution in [0.15, 0.2) is 60.8 Å². The van der Waals surface area contributed by atoms with E-state index in [2.05, 4.69) is 79.9 Å². The molecule has 49 heavy (non-hydrogen) atoms. The van der Waals surface area contributed by atoms with Crippen molar-refractivity contribution in [3.8, 4) is 0 Å². The van der Waals surface area contributed by atoms with E-state index in [-0.39, 0.29) is 12.8 Å². The zero-order chi connectivity index (χ0) is 36.4. The lowest BCUT2D eigenvalue weighted by atomic mass is 10.1. The van der Waals surface area contributed by atoms with Gasteiger partial charge in [-0.25, -0.2) is 9.36 Å². The number of aliphatic hydroxyl groups excluding tert-OH is 1. The Morgan fingerprint density at radius 1 is 0.673 bits per heavy atom. The maximum atomic E-state index is 12.1. The number of hydrogen-bond donors (Lipinski definition) is 4. The predicted molar refractivity (Wildman–Crippen MR) is 194 cm³/mol. The molecule has 0 fully saturated rings. The number of phosphoric ester groups is 1. The summed E-state index contributed by atoms with van der Waals surface area (Å²) in [6.07, 6.45) is 34.5. The van der Waals surface area contributed by atoms with Gasteiger partial charge in [0.1, 0.15) is 12.7 Å². The van der Waals surface area contributed by atoms with Crippen LogP contribution in [0, 0.1) is 0 Å². The largest absolute Gasteiger partial charge is 0.480 e. The Balaban J connectivity index is 3.99. The SMILES string of the molecule is CC/C=C\C/C=C\C/C=C\C/C=C\C/C=C\CCCCCC(=O)OCC(O)COP(=O)(O)OCC(NC(=O)CCCCCCCC)C(=O)O. The number of carboxylic acid groups (broad SMARTS) is 1. The molecule has 0 heterocycles. The highest BCUT2D eigenvalue weighted by molar-refractivity contribution is 7.47. The number of phosphoric acid groups is 1. The summed E-state index contributed by atoms with van der Waals surface area (Å²) >= 11 is 0. The fourth-order valence-corrected chi connectivity index (χ4v) is 5.05. The third-order valence-corrected chi connectivity index (χ3v) is 8.02. The number of aliphatic hydroxyl groups is 1. The summed E-state index contributed by atoms with van der Waals surface area (Å²) in [6, 6.07) is -1.55. The molecule has 0 bridgehead atoms. The Bertz CT molecular complexity index is 1070. The van der Waals surface area contributed by atoms with E-state index in [1.54, 1.807) is 0 Å². The molecule has 0 aliphatic rings. The van der Waals surface area contributed by atoms with Crippen molar-refractivity contribution in [3.05, 3.63) is 60.8 Å². The van der Waals surface area contributed by atoms with Gasteiger partial charge < -0.3 is 25.2 Å². The number of amides is 1. The van der Waals surface area contributed by atoms with Crippen LogP contribution >= 0.6 is 7.82 Å². The van der Waals surface area contributed by atoms with Crippen LogP contribution in [0.2, 0.25) is 0 Å². The second-order valence-corrected chi connectivity index (χ2v) is 13.1. The molecule has 1 amide bonds. The lowest BCUT2D eigenvalue weighted by molar-refractivity contribution is -0.147. The number of carboxylic acids is 1. The number of aliphatic carboxylic acids is 1. The van der Waals surface area contributed by atoms with Crippen molar-refractivity contribution in [1.82, 2.24) is 5.32 Å². The maximum Gasteiger partial charge on any atom is 0.472 e. The third-order valence-electron chi connectivity index (χ3n) is 7.07. The first-order chi connectivity index (χ1) is 23.6. The molecule has 0 radical (unpaired) electrons. The predicted octanol–water partition coefficient (Wildman–Crippen LogP) is 8.05. The van der Waals surface area contributed by atoms with Crippen LogP contribution in [-0.4, -0.2) is 64.9 Å². The Morgan fingerprint density at radius 2 is 1.18 bits per heavy atom. The van der Waals surface area contributed by atoms with Gasteiger partial charge in [0.2, 0.25) is 5.91 Å². The number of unbranched alkanes of at least 4 members (excludes halogenated alkanes) is 8. The molecule has 12 heteroatoms. The van der Waals surface area contributed by atoms with E-state index >= 15 is 0 Å². The van der Waals surface area contributed by atoms with Crippen molar-refractivity contribution >= 4 is 25.7 Å². The summed E-state index contributed by atoms with van der Waals surface area (Å²) in [4.78, 5) is 45.3. The second kappa shape index (κ2) is 32.4. The second-order valence-electron chi connectivity index (χ2n) is 11.7. The van der Waals surface area contributed by atoms with Gasteiger partial charge in [-0.3, -0.25) is 18.6 Å². The van der Waals surface area contributed by atoms with E-state index in [0.29, 0.717) is 12.8 Å². The quantitative estimate of drug-likeness (QED) is 0.0232. The standard InChI is InChI=1S/C37H62NO10P/c1-3-5-7-9-11-12-13-14-15-16-17-18-19-20-21-22-23-25-27-29-36(41)46-30-33(39)31-47-49(44,45)48-32-34(37(42)43)38-35(40)28-26-24-10-8-6-4-2/h5,7,11-12,14-15,17-18,20-21,33-34,39H,3-4,6,8-10,13,16,19,22-32H2,1-2H3,(H,38,40)(H,42,43)(H,44,45)/b7-5-,12-11-,15-14-,18-17-,21-20-. The number of esters is 1. The summed E-state index contributed by atoms with van der Waals surface area (Å²) in [5.41, 5.74) is 0. The third kappa shape index (κ3) is 32.2. The van der Waals surface area contributed by atoms with Gasteiger partial charge in [0.05, 0.1) is 13.2 Å². The lowest BCUT2D eigenvalue weighted by Gasteiger charge is -2.18. The zero-order valence-electron chi connectivity index (χ0n) is 29.7. The highest BCUT2D eigenvalue weighted by Crippen LogP contribution is 2.43. The average Bonchev–Trinajstić information content (AvgIpc) is 3.07. The molecule has 0 rings (SSSR count). The number of carbonyl (C=O) groups excluding carboxylic acids is 2. The van der Waals surface area contributed by atoms with E-state index in [9.17, 15) is 34.1 Å². The fraction of sp³-hybridized carbons (Fsp3) is 0.649. The van der Waals surface area contributed by atoms with Crippen molar-refractivity contribution in [2.45, 2.75) is 135 Å². The molecular formula is C37H62NO10P. The molecule has 0 aromatic rings. The van der Waals surface area contributed by atoms with E-state index in [0.717, 1.165) is 83.5 Å². The monoisotopic (exact) mass is 711 g/mol. The van der Waals surface area contributed by atoms with E-state index in [1.165, 1.54) is 0 Å². The van der Waals surface area contributed by atoms with Gasteiger partial charge in [-0.05, 0) is 57.8 Å². The molecule has 0 aromatic heterocycles. The summed E-state index contributed by atoms with van der Waals surface area (Å²) in [5.74, 6) is -2.43. The minimum absolute atomic E-state index is 0.138. The molecule has 3 atom stereocenters. The first-order valence-electron chi connectivity index (χ1n) is 17.8. The van der Waals surface area contributed by atoms with Crippen molar-refractivity contribution < 1.29 is 47.8 Å². The minimum atomic E-state index is -4.75. The number of allylic oxidation sites excluding steroid dienone is 10. The topological polar surface area (TPSA) is 169 Å². The molecule has 11 nitrogen and oxygen atoms in total. The number of ether oxygens (including phenoxy) is 1. The smallest absolute Gasteiger partial charge is 0.472 e. The number of carbonyl (C=O) groups is 3.